The Hall–Kier alpha value is -2.14. The van der Waals surface area contributed by atoms with Crippen molar-refractivity contribution in [2.45, 2.75) is 39.5 Å². The van der Waals surface area contributed by atoms with Gasteiger partial charge >= 0.3 is 0 Å². The summed E-state index contributed by atoms with van der Waals surface area (Å²) in [7, 11) is 0. The lowest BCUT2D eigenvalue weighted by Gasteiger charge is -2.12. The standard InChI is InChI=1S/C16H20N4O/c1-11(2)20-6-5-18-15(16(20)21)19-8-12-3-4-13-9-17-10-14(13)7-12/h3-7,11,17H,8-10H2,1-2H3,(H,18,19). The third-order valence-electron chi connectivity index (χ3n) is 3.79. The van der Waals surface area contributed by atoms with Crippen LogP contribution in [0.2, 0.25) is 0 Å². The van der Waals surface area contributed by atoms with Crippen molar-refractivity contribution in [2.24, 2.45) is 0 Å². The molecule has 0 saturated carbocycles. The van der Waals surface area contributed by atoms with Gasteiger partial charge in [0.2, 0.25) is 0 Å². The van der Waals surface area contributed by atoms with Gasteiger partial charge < -0.3 is 15.2 Å². The Morgan fingerprint density at radius 2 is 2.14 bits per heavy atom. The molecule has 2 N–H and O–H groups in total. The number of anilines is 1. The topological polar surface area (TPSA) is 59.0 Å². The van der Waals surface area contributed by atoms with Crippen LogP contribution in [-0.4, -0.2) is 9.55 Å². The summed E-state index contributed by atoms with van der Waals surface area (Å²) in [6, 6.07) is 6.57. The molecule has 21 heavy (non-hydrogen) atoms. The Labute approximate surface area is 124 Å². The van der Waals surface area contributed by atoms with E-state index < -0.39 is 0 Å². The normalized spacial score (nSPS) is 13.5. The largest absolute Gasteiger partial charge is 0.361 e. The van der Waals surface area contributed by atoms with E-state index in [4.69, 9.17) is 0 Å². The van der Waals surface area contributed by atoms with E-state index in [9.17, 15) is 4.79 Å². The molecular weight excluding hydrogens is 264 g/mol. The van der Waals surface area contributed by atoms with Gasteiger partial charge in [-0.15, -0.1) is 0 Å². The second kappa shape index (κ2) is 5.69. The molecule has 5 heteroatoms. The van der Waals surface area contributed by atoms with Gasteiger partial charge in [0.25, 0.3) is 5.56 Å². The molecule has 5 nitrogen and oxygen atoms in total. The molecule has 0 bridgehead atoms. The van der Waals surface area contributed by atoms with Gasteiger partial charge in [-0.25, -0.2) is 4.98 Å². The number of nitrogens with one attached hydrogen (secondary N) is 2. The second-order valence-corrected chi connectivity index (χ2v) is 5.64. The van der Waals surface area contributed by atoms with E-state index in [-0.39, 0.29) is 11.6 Å². The van der Waals surface area contributed by atoms with Crippen molar-refractivity contribution in [3.63, 3.8) is 0 Å². The second-order valence-electron chi connectivity index (χ2n) is 5.64. The summed E-state index contributed by atoms with van der Waals surface area (Å²) in [6.45, 7) is 6.45. The molecular formula is C16H20N4O. The first kappa shape index (κ1) is 13.8. The van der Waals surface area contributed by atoms with Gasteiger partial charge in [0.15, 0.2) is 5.82 Å². The molecule has 0 saturated heterocycles. The molecule has 1 aliphatic rings. The van der Waals surface area contributed by atoms with Crippen molar-refractivity contribution in [2.75, 3.05) is 5.32 Å². The molecule has 0 unspecified atom stereocenters. The first-order chi connectivity index (χ1) is 10.1. The number of rotatable bonds is 4. The van der Waals surface area contributed by atoms with Crippen LogP contribution in [0.15, 0.2) is 35.4 Å². The maximum absolute atomic E-state index is 12.2. The fourth-order valence-electron chi connectivity index (χ4n) is 2.60. The Morgan fingerprint density at radius 3 is 2.95 bits per heavy atom. The highest BCUT2D eigenvalue weighted by atomic mass is 16.1. The minimum absolute atomic E-state index is 0.0738. The van der Waals surface area contributed by atoms with Crippen LogP contribution in [0.5, 0.6) is 0 Å². The lowest BCUT2D eigenvalue weighted by Crippen LogP contribution is -2.25. The van der Waals surface area contributed by atoms with Crippen LogP contribution in [0.3, 0.4) is 0 Å². The molecule has 0 atom stereocenters. The van der Waals surface area contributed by atoms with Gasteiger partial charge in [0, 0.05) is 38.1 Å². The third kappa shape index (κ3) is 2.83. The van der Waals surface area contributed by atoms with Gasteiger partial charge in [-0.3, -0.25) is 4.79 Å². The summed E-state index contributed by atoms with van der Waals surface area (Å²) in [6.07, 6.45) is 3.38. The van der Waals surface area contributed by atoms with Gasteiger partial charge in [-0.05, 0) is 30.5 Å². The maximum atomic E-state index is 12.2. The van der Waals surface area contributed by atoms with Crippen molar-refractivity contribution in [1.82, 2.24) is 14.9 Å². The number of hydrogen-bond acceptors (Lipinski definition) is 4. The van der Waals surface area contributed by atoms with Gasteiger partial charge in [0.05, 0.1) is 0 Å². The minimum Gasteiger partial charge on any atom is -0.361 e. The molecule has 1 aromatic heterocycles. The number of aromatic nitrogens is 2. The van der Waals surface area contributed by atoms with Crippen molar-refractivity contribution >= 4 is 5.82 Å². The quantitative estimate of drug-likeness (QED) is 0.902. The molecule has 0 fully saturated rings. The first-order valence-corrected chi connectivity index (χ1v) is 7.27. The Morgan fingerprint density at radius 1 is 1.33 bits per heavy atom. The highest BCUT2D eigenvalue weighted by molar-refractivity contribution is 5.38. The molecule has 0 amide bonds. The average molecular weight is 284 g/mol. The summed E-state index contributed by atoms with van der Waals surface area (Å²) in [5.74, 6) is 0.407. The van der Waals surface area contributed by atoms with Crippen LogP contribution >= 0.6 is 0 Å². The monoisotopic (exact) mass is 284 g/mol. The van der Waals surface area contributed by atoms with Gasteiger partial charge in [-0.1, -0.05) is 18.2 Å². The molecule has 2 heterocycles. The minimum atomic E-state index is -0.0738. The zero-order valence-electron chi connectivity index (χ0n) is 12.4. The zero-order valence-corrected chi connectivity index (χ0v) is 12.4. The number of benzene rings is 1. The van der Waals surface area contributed by atoms with E-state index in [1.54, 1.807) is 17.0 Å². The molecule has 3 rings (SSSR count). The fourth-order valence-corrected chi connectivity index (χ4v) is 2.60. The number of fused-ring (bicyclic) bond motifs is 1. The molecule has 0 aliphatic carbocycles. The molecule has 2 aromatic rings. The van der Waals surface area contributed by atoms with Crippen molar-refractivity contribution < 1.29 is 0 Å². The summed E-state index contributed by atoms with van der Waals surface area (Å²) >= 11 is 0. The fraction of sp³-hybridized carbons (Fsp3) is 0.375. The summed E-state index contributed by atoms with van der Waals surface area (Å²) < 4.78 is 1.68. The van der Waals surface area contributed by atoms with Crippen LogP contribution in [0.1, 0.15) is 36.6 Å². The summed E-state index contributed by atoms with van der Waals surface area (Å²) in [5.41, 5.74) is 3.79. The Kier molecular flexibility index (Phi) is 3.75. The maximum Gasteiger partial charge on any atom is 0.293 e. The van der Waals surface area contributed by atoms with E-state index >= 15 is 0 Å². The molecule has 0 spiro atoms. The summed E-state index contributed by atoms with van der Waals surface area (Å²) in [4.78, 5) is 16.4. The van der Waals surface area contributed by atoms with Crippen molar-refractivity contribution in [3.05, 3.63) is 57.6 Å². The van der Waals surface area contributed by atoms with E-state index in [1.165, 1.54) is 16.7 Å². The first-order valence-electron chi connectivity index (χ1n) is 7.27. The Bertz CT molecular complexity index is 706. The van der Waals surface area contributed by atoms with Gasteiger partial charge in [0.1, 0.15) is 0 Å². The predicted octanol–water partition coefficient (Wildman–Crippen LogP) is 2.04. The predicted molar refractivity (Wildman–Crippen MR) is 83.2 cm³/mol. The third-order valence-corrected chi connectivity index (χ3v) is 3.79. The SMILES string of the molecule is CC(C)n1ccnc(NCc2ccc3c(c2)CNC3)c1=O. The lowest BCUT2D eigenvalue weighted by molar-refractivity contribution is 0.575. The molecule has 1 aliphatic heterocycles. The van der Waals surface area contributed by atoms with Crippen LogP contribution in [0.25, 0.3) is 0 Å². The van der Waals surface area contributed by atoms with Crippen molar-refractivity contribution in [1.29, 1.82) is 0 Å². The van der Waals surface area contributed by atoms with E-state index in [2.05, 4.69) is 33.8 Å². The van der Waals surface area contributed by atoms with E-state index in [1.807, 2.05) is 13.8 Å². The highest BCUT2D eigenvalue weighted by Crippen LogP contribution is 2.17. The molecule has 1 aromatic carbocycles. The molecule has 110 valence electrons. The smallest absolute Gasteiger partial charge is 0.293 e. The van der Waals surface area contributed by atoms with Crippen LogP contribution in [-0.2, 0) is 19.6 Å². The summed E-state index contributed by atoms with van der Waals surface area (Å²) in [5, 5.41) is 6.48. The van der Waals surface area contributed by atoms with Crippen LogP contribution < -0.4 is 16.2 Å². The van der Waals surface area contributed by atoms with Crippen molar-refractivity contribution in [3.8, 4) is 0 Å². The lowest BCUT2D eigenvalue weighted by atomic mass is 10.1. The zero-order chi connectivity index (χ0) is 14.8. The average Bonchev–Trinajstić information content (AvgIpc) is 2.93. The van der Waals surface area contributed by atoms with E-state index in [0.717, 1.165) is 13.1 Å². The number of hydrogen-bond donors (Lipinski definition) is 2. The molecule has 0 radical (unpaired) electrons. The van der Waals surface area contributed by atoms with Gasteiger partial charge in [-0.2, -0.15) is 0 Å². The van der Waals surface area contributed by atoms with Crippen LogP contribution in [0, 0.1) is 0 Å². The van der Waals surface area contributed by atoms with Crippen LogP contribution in [0.4, 0.5) is 5.82 Å². The highest BCUT2D eigenvalue weighted by Gasteiger charge is 2.11. The van der Waals surface area contributed by atoms with E-state index in [0.29, 0.717) is 12.4 Å². The number of nitrogens with zero attached hydrogens (tertiary/aromatic N) is 2. The Balaban J connectivity index is 1.76.